The summed E-state index contributed by atoms with van der Waals surface area (Å²) in [5.74, 6) is 0. The lowest BCUT2D eigenvalue weighted by molar-refractivity contribution is 1.04. The lowest BCUT2D eigenvalue weighted by atomic mass is 10.6. The molecule has 1 nitrogen and oxygen atoms in total. The SMILES string of the molecule is CCC[SiH](NC)[SiH2][SiH3]. The van der Waals surface area contributed by atoms with Gasteiger partial charge in [-0.15, -0.1) is 0 Å². The van der Waals surface area contributed by atoms with Crippen molar-refractivity contribution >= 4 is 26.8 Å². The monoisotopic (exact) mass is 163 g/mol. The van der Waals surface area contributed by atoms with Gasteiger partial charge in [0, 0.05) is 8.55 Å². The van der Waals surface area contributed by atoms with E-state index >= 15 is 0 Å². The smallest absolute Gasteiger partial charge is 0.0880 e. The molecular formula is C4H17NSi3. The van der Waals surface area contributed by atoms with Crippen LogP contribution in [0.3, 0.4) is 0 Å². The Bertz CT molecular complexity index is 46.5. The van der Waals surface area contributed by atoms with Crippen molar-refractivity contribution in [1.29, 1.82) is 0 Å². The maximum atomic E-state index is 3.49. The van der Waals surface area contributed by atoms with Gasteiger partial charge in [-0.2, -0.15) is 0 Å². The van der Waals surface area contributed by atoms with E-state index in [4.69, 9.17) is 0 Å². The van der Waals surface area contributed by atoms with Gasteiger partial charge in [-0.25, -0.2) is 0 Å². The van der Waals surface area contributed by atoms with Crippen LogP contribution < -0.4 is 4.98 Å². The molecule has 4 heteroatoms. The fourth-order valence-electron chi connectivity index (χ4n) is 0.901. The summed E-state index contributed by atoms with van der Waals surface area (Å²) in [7, 11) is 3.93. The van der Waals surface area contributed by atoms with Crippen molar-refractivity contribution in [3.05, 3.63) is 0 Å². The molecule has 0 aliphatic carbocycles. The van der Waals surface area contributed by atoms with Gasteiger partial charge in [-0.3, -0.25) is 0 Å². The van der Waals surface area contributed by atoms with Crippen LogP contribution in [0.4, 0.5) is 0 Å². The first-order valence-electron chi connectivity index (χ1n) is 3.52. The highest BCUT2D eigenvalue weighted by Crippen LogP contribution is 1.89. The number of nitrogens with one attached hydrogen (secondary N) is 1. The minimum Gasteiger partial charge on any atom is -0.345 e. The Morgan fingerprint density at radius 1 is 1.75 bits per heavy atom. The molecule has 1 atom stereocenters. The molecule has 0 heterocycles. The average Bonchev–Trinajstić information content (AvgIpc) is 1.83. The van der Waals surface area contributed by atoms with E-state index in [2.05, 4.69) is 19.0 Å². The van der Waals surface area contributed by atoms with Crippen molar-refractivity contribution < 1.29 is 0 Å². The number of hydrogen-bond donors (Lipinski definition) is 1. The van der Waals surface area contributed by atoms with Gasteiger partial charge in [0.2, 0.25) is 0 Å². The molecule has 8 heavy (non-hydrogen) atoms. The molecule has 0 aliphatic rings. The quantitative estimate of drug-likeness (QED) is 0.487. The van der Waals surface area contributed by atoms with Gasteiger partial charge in [-0.1, -0.05) is 19.4 Å². The molecule has 0 fully saturated rings. The van der Waals surface area contributed by atoms with Crippen LogP contribution in [0.2, 0.25) is 6.04 Å². The molecule has 0 spiro atoms. The van der Waals surface area contributed by atoms with Crippen molar-refractivity contribution in [3.8, 4) is 0 Å². The predicted octanol–water partition coefficient (Wildman–Crippen LogP) is -1.71. The van der Waals surface area contributed by atoms with Crippen LogP contribution >= 0.6 is 0 Å². The van der Waals surface area contributed by atoms with Crippen molar-refractivity contribution in [3.63, 3.8) is 0 Å². The average molecular weight is 163 g/mol. The minimum atomic E-state index is -0.242. The Labute approximate surface area is 58.8 Å². The lowest BCUT2D eigenvalue weighted by Crippen LogP contribution is -2.37. The molecule has 0 radical (unpaired) electrons. The second-order valence-corrected chi connectivity index (χ2v) is 18.3. The lowest BCUT2D eigenvalue weighted by Gasteiger charge is -2.07. The van der Waals surface area contributed by atoms with Crippen LogP contribution in [0, 0.1) is 0 Å². The van der Waals surface area contributed by atoms with Crippen molar-refractivity contribution in [2.24, 2.45) is 0 Å². The van der Waals surface area contributed by atoms with E-state index in [1.54, 1.807) is 6.04 Å². The van der Waals surface area contributed by atoms with Crippen LogP contribution in [0.15, 0.2) is 0 Å². The first kappa shape index (κ1) is 8.61. The van der Waals surface area contributed by atoms with Crippen molar-refractivity contribution in [2.45, 2.75) is 19.4 Å². The van der Waals surface area contributed by atoms with Crippen LogP contribution in [0.5, 0.6) is 0 Å². The summed E-state index contributed by atoms with van der Waals surface area (Å²) in [5.41, 5.74) is 0. The van der Waals surface area contributed by atoms with Crippen molar-refractivity contribution in [1.82, 2.24) is 4.98 Å². The Kier molecular flexibility index (Phi) is 6.18. The van der Waals surface area contributed by atoms with E-state index in [0.717, 1.165) is 0 Å². The third kappa shape index (κ3) is 3.59. The molecule has 0 bridgehead atoms. The first-order chi connectivity index (χ1) is 3.85. The highest BCUT2D eigenvalue weighted by atomic mass is 29.5. The maximum absolute atomic E-state index is 3.49. The molecule has 0 amide bonds. The summed E-state index contributed by atoms with van der Waals surface area (Å²) in [6.45, 7) is 2.29. The Morgan fingerprint density at radius 3 is 2.50 bits per heavy atom. The molecule has 0 aromatic carbocycles. The Balaban J connectivity index is 3.07. The summed E-state index contributed by atoms with van der Waals surface area (Å²) >= 11 is 0. The zero-order chi connectivity index (χ0) is 6.41. The molecule has 0 aromatic rings. The summed E-state index contributed by atoms with van der Waals surface area (Å²) < 4.78 is 0. The van der Waals surface area contributed by atoms with Gasteiger partial charge in [0.15, 0.2) is 0 Å². The van der Waals surface area contributed by atoms with Gasteiger partial charge in [0.05, 0.1) is 8.48 Å². The molecule has 0 aromatic heterocycles. The van der Waals surface area contributed by atoms with E-state index in [1.807, 2.05) is 0 Å². The van der Waals surface area contributed by atoms with Crippen LogP contribution in [-0.4, -0.2) is 33.8 Å². The summed E-state index contributed by atoms with van der Waals surface area (Å²) in [6, 6.07) is 1.55. The molecule has 0 saturated carbocycles. The zero-order valence-corrected chi connectivity index (χ0v) is 10.8. The summed E-state index contributed by atoms with van der Waals surface area (Å²) in [5, 5.41) is 0. The van der Waals surface area contributed by atoms with Gasteiger partial charge in [-0.05, 0) is 16.8 Å². The van der Waals surface area contributed by atoms with Gasteiger partial charge >= 0.3 is 0 Å². The van der Waals surface area contributed by atoms with Gasteiger partial charge < -0.3 is 4.98 Å². The summed E-state index contributed by atoms with van der Waals surface area (Å²) in [4.78, 5) is 3.49. The zero-order valence-electron chi connectivity index (χ0n) is 6.20. The van der Waals surface area contributed by atoms with E-state index < -0.39 is 0 Å². The molecular weight excluding hydrogens is 146 g/mol. The predicted molar refractivity (Wildman–Crippen MR) is 49.8 cm³/mol. The van der Waals surface area contributed by atoms with Crippen molar-refractivity contribution in [2.75, 3.05) is 7.05 Å². The standard InChI is InChI=1S/C4H17NSi3/c1-3-4-8(5-2)7-6/h5,8H,3-4,7H2,1-2,6H3. The first-order valence-corrected chi connectivity index (χ1v) is 13.8. The van der Waals surface area contributed by atoms with Crippen LogP contribution in [0.25, 0.3) is 0 Å². The van der Waals surface area contributed by atoms with E-state index in [1.165, 1.54) is 16.2 Å². The van der Waals surface area contributed by atoms with Gasteiger partial charge in [0.25, 0.3) is 0 Å². The summed E-state index contributed by atoms with van der Waals surface area (Å²) in [6.07, 6.45) is 1.41. The molecule has 1 unspecified atom stereocenters. The molecule has 0 saturated heterocycles. The highest BCUT2D eigenvalue weighted by molar-refractivity contribution is 7.30. The Morgan fingerprint density at radius 2 is 2.38 bits per heavy atom. The van der Waals surface area contributed by atoms with Gasteiger partial charge in [0.1, 0.15) is 0 Å². The number of rotatable bonds is 4. The fraction of sp³-hybridized carbons (Fsp3) is 1.00. The third-order valence-electron chi connectivity index (χ3n) is 1.54. The van der Waals surface area contributed by atoms with E-state index in [0.29, 0.717) is 8.55 Å². The molecule has 0 aliphatic heterocycles. The fourth-order valence-corrected chi connectivity index (χ4v) is 13.7. The molecule has 0 rings (SSSR count). The second-order valence-electron chi connectivity index (χ2n) is 2.18. The van der Waals surface area contributed by atoms with Crippen LogP contribution in [0.1, 0.15) is 13.3 Å². The van der Waals surface area contributed by atoms with Crippen LogP contribution in [-0.2, 0) is 0 Å². The normalized spacial score (nSPS) is 15.8. The van der Waals surface area contributed by atoms with E-state index in [9.17, 15) is 0 Å². The topological polar surface area (TPSA) is 12.0 Å². The maximum Gasteiger partial charge on any atom is 0.0880 e. The highest BCUT2D eigenvalue weighted by Gasteiger charge is 2.01. The molecule has 50 valence electrons. The Hall–Kier alpha value is 0.611. The number of hydrogen-bond acceptors (Lipinski definition) is 1. The second kappa shape index (κ2) is 5.74. The minimum absolute atomic E-state index is 0.242. The largest absolute Gasteiger partial charge is 0.345 e. The third-order valence-corrected chi connectivity index (χ3v) is 18.9. The van der Waals surface area contributed by atoms with E-state index in [-0.39, 0.29) is 8.48 Å². The molecule has 1 N–H and O–H groups in total.